The van der Waals surface area contributed by atoms with Crippen molar-refractivity contribution < 1.29 is 9.53 Å². The van der Waals surface area contributed by atoms with Gasteiger partial charge in [0.15, 0.2) is 0 Å². The molecule has 2 aromatic carbocycles. The van der Waals surface area contributed by atoms with Crippen molar-refractivity contribution in [2.24, 2.45) is 0 Å². The quantitative estimate of drug-likeness (QED) is 0.363. The fourth-order valence-corrected chi connectivity index (χ4v) is 7.47. The molecule has 8 heteroatoms. The number of fused-ring (bicyclic) bond motifs is 2. The van der Waals surface area contributed by atoms with Crippen LogP contribution >= 0.6 is 23.2 Å². The lowest BCUT2D eigenvalue weighted by atomic mass is 9.93. The zero-order valence-corrected chi connectivity index (χ0v) is 28.6. The van der Waals surface area contributed by atoms with Gasteiger partial charge in [-0.15, -0.1) is 0 Å². The van der Waals surface area contributed by atoms with Crippen molar-refractivity contribution in [1.29, 1.82) is 0 Å². The van der Waals surface area contributed by atoms with Crippen molar-refractivity contribution in [2.45, 2.75) is 89.1 Å². The number of halogens is 2. The van der Waals surface area contributed by atoms with Crippen molar-refractivity contribution in [3.8, 4) is 0 Å². The van der Waals surface area contributed by atoms with Crippen LogP contribution in [0.25, 0.3) is 12.2 Å². The highest BCUT2D eigenvalue weighted by molar-refractivity contribution is 6.31. The molecular weight excluding hydrogens is 603 g/mol. The second-order valence-electron chi connectivity index (χ2n) is 13.7. The van der Waals surface area contributed by atoms with E-state index in [9.17, 15) is 4.79 Å². The molecular formula is C37H50Cl2N4O2. The number of carbonyl (C=O) groups excluding carboxylic acids is 1. The van der Waals surface area contributed by atoms with E-state index >= 15 is 0 Å². The lowest BCUT2D eigenvalue weighted by Crippen LogP contribution is -2.59. The number of benzene rings is 2. The number of hydrogen-bond donors (Lipinski definition) is 1. The summed E-state index contributed by atoms with van der Waals surface area (Å²) in [5, 5.41) is 5.08. The van der Waals surface area contributed by atoms with Gasteiger partial charge >= 0.3 is 6.09 Å². The Morgan fingerprint density at radius 1 is 0.822 bits per heavy atom. The molecule has 0 unspecified atom stereocenters. The van der Waals surface area contributed by atoms with E-state index in [0.29, 0.717) is 18.1 Å². The van der Waals surface area contributed by atoms with E-state index in [1.807, 2.05) is 62.1 Å². The number of nitrogens with zero attached hydrogens (tertiary/aromatic N) is 3. The molecule has 0 spiro atoms. The monoisotopic (exact) mass is 652 g/mol. The Labute approximate surface area is 280 Å². The molecule has 244 valence electrons. The van der Waals surface area contributed by atoms with Crippen molar-refractivity contribution in [3.63, 3.8) is 0 Å². The maximum absolute atomic E-state index is 12.4. The van der Waals surface area contributed by atoms with E-state index in [0.717, 1.165) is 60.8 Å². The third kappa shape index (κ3) is 10.1. The molecule has 4 fully saturated rings. The molecule has 4 aliphatic rings. The summed E-state index contributed by atoms with van der Waals surface area (Å²) >= 11 is 12.1. The Morgan fingerprint density at radius 3 is 1.98 bits per heavy atom. The lowest BCUT2D eigenvalue weighted by Gasteiger charge is -2.47. The highest BCUT2D eigenvalue weighted by Crippen LogP contribution is 2.29. The molecule has 4 aliphatic heterocycles. The fourth-order valence-electron chi connectivity index (χ4n) is 7.07. The Morgan fingerprint density at radius 2 is 1.40 bits per heavy atom. The van der Waals surface area contributed by atoms with Gasteiger partial charge in [0.2, 0.25) is 0 Å². The number of amides is 1. The van der Waals surface area contributed by atoms with Crippen LogP contribution in [0.1, 0.15) is 70.4 Å². The zero-order chi connectivity index (χ0) is 31.8. The van der Waals surface area contributed by atoms with Crippen molar-refractivity contribution in [3.05, 3.63) is 81.9 Å². The molecule has 2 aromatic rings. The van der Waals surface area contributed by atoms with Crippen LogP contribution in [0.2, 0.25) is 10.0 Å². The maximum Gasteiger partial charge on any atom is 0.410 e. The maximum atomic E-state index is 12.4. The predicted octanol–water partition coefficient (Wildman–Crippen LogP) is 8.01. The molecule has 4 saturated heterocycles. The normalized spacial score (nSPS) is 26.2. The van der Waals surface area contributed by atoms with Crippen molar-refractivity contribution in [1.82, 2.24) is 20.0 Å². The van der Waals surface area contributed by atoms with Gasteiger partial charge in [-0.05, 0) is 94.7 Å². The van der Waals surface area contributed by atoms with Gasteiger partial charge in [-0.1, -0.05) is 71.8 Å². The smallest absolute Gasteiger partial charge is 0.410 e. The van der Waals surface area contributed by atoms with E-state index < -0.39 is 5.60 Å². The molecule has 0 aliphatic carbocycles. The van der Waals surface area contributed by atoms with E-state index in [1.54, 1.807) is 0 Å². The Hall–Kier alpha value is -2.35. The summed E-state index contributed by atoms with van der Waals surface area (Å²) in [5.41, 5.74) is 1.89. The lowest BCUT2D eigenvalue weighted by molar-refractivity contribution is -0.0101. The molecule has 0 aromatic heterocycles. The van der Waals surface area contributed by atoms with E-state index in [2.05, 4.69) is 51.6 Å². The zero-order valence-electron chi connectivity index (χ0n) is 27.1. The topological polar surface area (TPSA) is 48.1 Å². The van der Waals surface area contributed by atoms with Gasteiger partial charge in [0.05, 0.1) is 0 Å². The van der Waals surface area contributed by atoms with E-state index in [4.69, 9.17) is 27.9 Å². The van der Waals surface area contributed by atoms with Crippen LogP contribution in [0.5, 0.6) is 0 Å². The fraction of sp³-hybridized carbons (Fsp3) is 0.541. The Balaban J connectivity index is 0.000000186. The second kappa shape index (κ2) is 16.0. The molecule has 4 heterocycles. The minimum Gasteiger partial charge on any atom is -0.444 e. The number of carbonyl (C=O) groups is 1. The van der Waals surface area contributed by atoms with Crippen LogP contribution < -0.4 is 5.32 Å². The van der Waals surface area contributed by atoms with Gasteiger partial charge < -0.3 is 15.0 Å². The predicted molar refractivity (Wildman–Crippen MR) is 188 cm³/mol. The first-order chi connectivity index (χ1) is 21.6. The minimum absolute atomic E-state index is 0.186. The Kier molecular flexibility index (Phi) is 12.1. The number of nitrogens with one attached hydrogen (secondary N) is 1. The average Bonchev–Trinajstić information content (AvgIpc) is 3.02. The van der Waals surface area contributed by atoms with Crippen LogP contribution in [0.15, 0.2) is 60.7 Å². The average molecular weight is 654 g/mol. The minimum atomic E-state index is -0.441. The number of hydrogen-bond acceptors (Lipinski definition) is 5. The summed E-state index contributed by atoms with van der Waals surface area (Å²) in [6.07, 6.45) is 16.3. The summed E-state index contributed by atoms with van der Waals surface area (Å²) in [4.78, 5) is 19.5. The van der Waals surface area contributed by atoms with Crippen molar-refractivity contribution in [2.75, 3.05) is 39.3 Å². The van der Waals surface area contributed by atoms with Crippen molar-refractivity contribution >= 4 is 41.4 Å². The third-order valence-electron chi connectivity index (χ3n) is 9.22. The van der Waals surface area contributed by atoms with E-state index in [-0.39, 0.29) is 6.09 Å². The first-order valence-electron chi connectivity index (χ1n) is 16.7. The number of piperazine rings is 2. The number of piperidine rings is 2. The number of ether oxygens (including phenoxy) is 1. The number of rotatable bonds is 4. The first-order valence-corrected chi connectivity index (χ1v) is 17.5. The molecule has 1 amide bonds. The standard InChI is InChI=1S/C21H29ClN2O2.C16H21ClN2/c1-21(2,3)26-20(25)23-12-13-24-18(8-5-9-19(24)15-23)11-10-16-6-4-7-17(22)14-16;17-14-4-1-3-13(11-14)7-8-15-5-2-6-16-12-18-9-10-19(15)16/h4,6-7,10-11,14,18-19H,5,8-9,12-13,15H2,1-3H3;1,3-4,7-8,11,15-16,18H,2,5-6,9-10,12H2/b11-10+;8-7+/t18-,19+;15-,16+/m11/s1. The highest BCUT2D eigenvalue weighted by atomic mass is 35.5. The van der Waals surface area contributed by atoms with Gasteiger partial charge in [0.1, 0.15) is 5.60 Å². The summed E-state index contributed by atoms with van der Waals surface area (Å²) in [7, 11) is 0. The van der Waals surface area contributed by atoms with Crippen LogP contribution in [0, 0.1) is 0 Å². The molecule has 4 atom stereocenters. The summed E-state index contributed by atoms with van der Waals surface area (Å²) < 4.78 is 5.54. The molecule has 6 rings (SSSR count). The molecule has 1 N–H and O–H groups in total. The van der Waals surface area contributed by atoms with Crippen LogP contribution in [0.3, 0.4) is 0 Å². The first kappa shape index (κ1) is 34.0. The second-order valence-corrected chi connectivity index (χ2v) is 14.6. The van der Waals surface area contributed by atoms with E-state index in [1.165, 1.54) is 44.2 Å². The summed E-state index contributed by atoms with van der Waals surface area (Å²) in [6.45, 7) is 11.6. The summed E-state index contributed by atoms with van der Waals surface area (Å²) in [6, 6.07) is 18.2. The van der Waals surface area contributed by atoms with Crippen LogP contribution in [-0.4, -0.2) is 89.8 Å². The third-order valence-corrected chi connectivity index (χ3v) is 9.69. The van der Waals surface area contributed by atoms with Crippen LogP contribution in [0.4, 0.5) is 4.79 Å². The van der Waals surface area contributed by atoms with Gasteiger partial charge in [0, 0.05) is 73.5 Å². The SMILES string of the molecule is CC(C)(C)OC(=O)N1CCN2[C@@H](CCC[C@@H]2/C=C/c2cccc(Cl)c2)C1.Clc1cccc(/C=C/[C@H]2CCC[C@H]3CNCCN32)c1. The Bertz CT molecular complexity index is 1320. The molecule has 6 nitrogen and oxygen atoms in total. The molecule has 0 bridgehead atoms. The highest BCUT2D eigenvalue weighted by Gasteiger charge is 2.36. The van der Waals surface area contributed by atoms with Gasteiger partial charge in [-0.3, -0.25) is 9.80 Å². The molecule has 0 saturated carbocycles. The van der Waals surface area contributed by atoms with Gasteiger partial charge in [-0.25, -0.2) is 4.79 Å². The largest absolute Gasteiger partial charge is 0.444 e. The summed E-state index contributed by atoms with van der Waals surface area (Å²) in [5.74, 6) is 0. The molecule has 45 heavy (non-hydrogen) atoms. The van der Waals surface area contributed by atoms with Gasteiger partial charge in [-0.2, -0.15) is 0 Å². The van der Waals surface area contributed by atoms with Gasteiger partial charge in [0.25, 0.3) is 0 Å². The molecule has 0 radical (unpaired) electrons. The van der Waals surface area contributed by atoms with Crippen LogP contribution in [-0.2, 0) is 4.74 Å².